The molecule has 1 unspecified atom stereocenters. The molecule has 6 heteroatoms. The monoisotopic (exact) mass is 211 g/mol. The fourth-order valence-electron chi connectivity index (χ4n) is 1.82. The van der Waals surface area contributed by atoms with Crippen LogP contribution in [0.4, 0.5) is 0 Å². The summed E-state index contributed by atoms with van der Waals surface area (Å²) in [4.78, 5) is 10.9. The topological polar surface area (TPSA) is 77.2 Å². The highest BCUT2D eigenvalue weighted by molar-refractivity contribution is 5.86. The molecule has 82 valence electrons. The van der Waals surface area contributed by atoms with E-state index in [4.69, 9.17) is 9.84 Å². The van der Waals surface area contributed by atoms with Crippen LogP contribution in [0.5, 0.6) is 0 Å². The van der Waals surface area contributed by atoms with Crippen LogP contribution >= 0.6 is 0 Å². The van der Waals surface area contributed by atoms with E-state index in [0.29, 0.717) is 25.3 Å². The second-order valence-corrected chi connectivity index (χ2v) is 3.51. The third-order valence-electron chi connectivity index (χ3n) is 2.58. The van der Waals surface area contributed by atoms with Gasteiger partial charge in [0, 0.05) is 6.61 Å². The number of carboxylic acid groups (broad SMARTS) is 1. The number of carboxylic acids is 1. The van der Waals surface area contributed by atoms with Crippen LogP contribution in [0.15, 0.2) is 0 Å². The van der Waals surface area contributed by atoms with Gasteiger partial charge in [-0.3, -0.25) is 0 Å². The van der Waals surface area contributed by atoms with Crippen molar-refractivity contribution in [1.82, 2.24) is 15.0 Å². The number of aromatic carboxylic acids is 1. The van der Waals surface area contributed by atoms with Crippen LogP contribution in [-0.4, -0.2) is 39.3 Å². The lowest BCUT2D eigenvalue weighted by molar-refractivity contribution is 0.0689. The zero-order chi connectivity index (χ0) is 10.8. The molecule has 0 spiro atoms. The van der Waals surface area contributed by atoms with Crippen LogP contribution in [0, 0.1) is 0 Å². The maximum absolute atomic E-state index is 10.9. The predicted molar refractivity (Wildman–Crippen MR) is 50.8 cm³/mol. The third-order valence-corrected chi connectivity index (χ3v) is 2.58. The van der Waals surface area contributed by atoms with Gasteiger partial charge < -0.3 is 9.84 Å². The van der Waals surface area contributed by atoms with Crippen molar-refractivity contribution in [3.05, 3.63) is 11.4 Å². The fourth-order valence-corrected chi connectivity index (χ4v) is 1.82. The Morgan fingerprint density at radius 3 is 3.07 bits per heavy atom. The molecule has 15 heavy (non-hydrogen) atoms. The first kappa shape index (κ1) is 10.1. The van der Waals surface area contributed by atoms with Crippen molar-refractivity contribution in [1.29, 1.82) is 0 Å². The molecule has 6 nitrogen and oxygen atoms in total. The Balaban J connectivity index is 2.34. The van der Waals surface area contributed by atoms with E-state index in [0.717, 1.165) is 6.42 Å². The van der Waals surface area contributed by atoms with Crippen LogP contribution in [0.3, 0.4) is 0 Å². The van der Waals surface area contributed by atoms with Gasteiger partial charge in [0.15, 0.2) is 5.69 Å². The minimum Gasteiger partial charge on any atom is -0.476 e. The van der Waals surface area contributed by atoms with Gasteiger partial charge in [0.1, 0.15) is 0 Å². The maximum atomic E-state index is 10.9. The van der Waals surface area contributed by atoms with Gasteiger partial charge >= 0.3 is 5.97 Å². The quantitative estimate of drug-likeness (QED) is 0.787. The van der Waals surface area contributed by atoms with E-state index in [1.165, 1.54) is 0 Å². The molecule has 1 aliphatic heterocycles. The zero-order valence-electron chi connectivity index (χ0n) is 8.51. The summed E-state index contributed by atoms with van der Waals surface area (Å²) in [5.74, 6) is -1.02. The molecule has 1 aromatic heterocycles. The Hall–Kier alpha value is -1.43. The summed E-state index contributed by atoms with van der Waals surface area (Å²) in [6.07, 6.45) is 1.49. The fraction of sp³-hybridized carbons (Fsp3) is 0.667. The lowest BCUT2D eigenvalue weighted by Gasteiger charge is -2.10. The summed E-state index contributed by atoms with van der Waals surface area (Å²) in [6.45, 7) is 3.20. The van der Waals surface area contributed by atoms with E-state index in [2.05, 4.69) is 10.3 Å². The van der Waals surface area contributed by atoms with E-state index in [-0.39, 0.29) is 11.7 Å². The third kappa shape index (κ3) is 1.72. The summed E-state index contributed by atoms with van der Waals surface area (Å²) in [5, 5.41) is 16.5. The second kappa shape index (κ2) is 3.98. The Morgan fingerprint density at radius 2 is 2.53 bits per heavy atom. The first-order valence-corrected chi connectivity index (χ1v) is 4.99. The van der Waals surface area contributed by atoms with Crippen molar-refractivity contribution in [2.75, 3.05) is 13.2 Å². The van der Waals surface area contributed by atoms with Gasteiger partial charge in [-0.25, -0.2) is 9.48 Å². The van der Waals surface area contributed by atoms with Crippen LogP contribution in [0.2, 0.25) is 0 Å². The zero-order valence-corrected chi connectivity index (χ0v) is 8.51. The Morgan fingerprint density at radius 1 is 1.73 bits per heavy atom. The number of aromatic nitrogens is 3. The standard InChI is InChI=1S/C9H13N3O3/c1-2-7-8(9(13)14)10-11-12(7)6-3-4-15-5-6/h6H,2-5H2,1H3,(H,13,14). The molecular formula is C9H13N3O3. The Kier molecular flexibility index (Phi) is 2.68. The number of nitrogens with zero attached hydrogens (tertiary/aromatic N) is 3. The maximum Gasteiger partial charge on any atom is 0.358 e. The molecule has 1 aliphatic rings. The van der Waals surface area contributed by atoms with Gasteiger partial charge in [-0.05, 0) is 12.8 Å². The molecule has 1 N–H and O–H groups in total. The van der Waals surface area contributed by atoms with Crippen LogP contribution < -0.4 is 0 Å². The van der Waals surface area contributed by atoms with Crippen molar-refractivity contribution in [3.63, 3.8) is 0 Å². The highest BCUT2D eigenvalue weighted by Gasteiger charge is 2.25. The Labute approximate surface area is 86.8 Å². The first-order valence-electron chi connectivity index (χ1n) is 4.99. The Bertz CT molecular complexity index is 369. The number of hydrogen-bond acceptors (Lipinski definition) is 4. The van der Waals surface area contributed by atoms with Crippen LogP contribution in [-0.2, 0) is 11.2 Å². The van der Waals surface area contributed by atoms with E-state index in [1.807, 2.05) is 6.92 Å². The second-order valence-electron chi connectivity index (χ2n) is 3.51. The minimum atomic E-state index is -1.02. The van der Waals surface area contributed by atoms with E-state index in [1.54, 1.807) is 4.68 Å². The van der Waals surface area contributed by atoms with E-state index in [9.17, 15) is 4.79 Å². The summed E-state index contributed by atoms with van der Waals surface area (Å²) < 4.78 is 6.94. The van der Waals surface area contributed by atoms with Gasteiger partial charge in [0.25, 0.3) is 0 Å². The molecule has 0 radical (unpaired) electrons. The first-order chi connectivity index (χ1) is 7.24. The smallest absolute Gasteiger partial charge is 0.358 e. The molecule has 2 heterocycles. The van der Waals surface area contributed by atoms with Crippen molar-refractivity contribution < 1.29 is 14.6 Å². The molecular weight excluding hydrogens is 198 g/mol. The van der Waals surface area contributed by atoms with E-state index >= 15 is 0 Å². The van der Waals surface area contributed by atoms with Crippen molar-refractivity contribution in [2.24, 2.45) is 0 Å². The lowest BCUT2D eigenvalue weighted by atomic mass is 10.2. The molecule has 2 rings (SSSR count). The molecule has 0 saturated carbocycles. The average Bonchev–Trinajstić information content (AvgIpc) is 2.85. The molecule has 1 fully saturated rings. The van der Waals surface area contributed by atoms with Crippen LogP contribution in [0.1, 0.15) is 35.6 Å². The molecule has 0 amide bonds. The predicted octanol–water partition coefficient (Wildman–Crippen LogP) is 0.500. The number of ether oxygens (including phenoxy) is 1. The van der Waals surface area contributed by atoms with Gasteiger partial charge in [-0.15, -0.1) is 5.10 Å². The molecule has 0 bridgehead atoms. The highest BCUT2D eigenvalue weighted by atomic mass is 16.5. The van der Waals surface area contributed by atoms with Gasteiger partial charge in [0.05, 0.1) is 18.3 Å². The molecule has 1 aromatic rings. The molecule has 0 aromatic carbocycles. The number of hydrogen-bond donors (Lipinski definition) is 1. The largest absolute Gasteiger partial charge is 0.476 e. The highest BCUT2D eigenvalue weighted by Crippen LogP contribution is 2.21. The van der Waals surface area contributed by atoms with Gasteiger partial charge in [-0.1, -0.05) is 12.1 Å². The summed E-state index contributed by atoms with van der Waals surface area (Å²) in [7, 11) is 0. The van der Waals surface area contributed by atoms with Gasteiger partial charge in [-0.2, -0.15) is 0 Å². The number of carbonyl (C=O) groups is 1. The SMILES string of the molecule is CCc1c(C(=O)O)nnn1C1CCOC1. The minimum absolute atomic E-state index is 0.0596. The normalized spacial score (nSPS) is 20.7. The molecule has 1 atom stereocenters. The van der Waals surface area contributed by atoms with Crippen molar-refractivity contribution in [2.45, 2.75) is 25.8 Å². The van der Waals surface area contributed by atoms with Gasteiger partial charge in [0.2, 0.25) is 0 Å². The summed E-state index contributed by atoms with van der Waals surface area (Å²) in [5.41, 5.74) is 0.738. The molecule has 0 aliphatic carbocycles. The van der Waals surface area contributed by atoms with Crippen molar-refractivity contribution in [3.8, 4) is 0 Å². The summed E-state index contributed by atoms with van der Waals surface area (Å²) >= 11 is 0. The lowest BCUT2D eigenvalue weighted by Crippen LogP contribution is -2.14. The van der Waals surface area contributed by atoms with E-state index < -0.39 is 5.97 Å². The molecule has 1 saturated heterocycles. The van der Waals surface area contributed by atoms with Crippen molar-refractivity contribution >= 4 is 5.97 Å². The summed E-state index contributed by atoms with van der Waals surface area (Å²) in [6, 6.07) is 0.139. The van der Waals surface area contributed by atoms with Crippen LogP contribution in [0.25, 0.3) is 0 Å². The average molecular weight is 211 g/mol. The number of rotatable bonds is 3.